The highest BCUT2D eigenvalue weighted by Gasteiger charge is 2.13. The Kier molecular flexibility index (Phi) is 12.0. The minimum atomic E-state index is -0.298. The lowest BCUT2D eigenvalue weighted by molar-refractivity contribution is 0.0497. The Bertz CT molecular complexity index is 1010. The van der Waals surface area contributed by atoms with Crippen molar-refractivity contribution in [1.82, 2.24) is 10.2 Å². The molecule has 2 aromatic carbocycles. The van der Waals surface area contributed by atoms with E-state index in [0.717, 1.165) is 42.6 Å². The van der Waals surface area contributed by atoms with Gasteiger partial charge >= 0.3 is 5.97 Å². The van der Waals surface area contributed by atoms with E-state index in [1.807, 2.05) is 24.3 Å². The first kappa shape index (κ1) is 27.4. The summed E-state index contributed by atoms with van der Waals surface area (Å²) in [5.41, 5.74) is 2.10. The monoisotopic (exact) mass is 492 g/mol. The maximum Gasteiger partial charge on any atom is 0.338 e. The molecule has 3 aromatic rings. The Hall–Kier alpha value is -3.15. The molecule has 0 amide bonds. The summed E-state index contributed by atoms with van der Waals surface area (Å²) < 4.78 is 17.0. The SMILES string of the molecule is CCCCCCCCCCCOC(=O)c1ccc(-c2nnc(-c3ccc(OCCCC)cc3)o2)cc1. The number of hydrogen-bond donors (Lipinski definition) is 0. The fourth-order valence-corrected chi connectivity index (χ4v) is 3.89. The van der Waals surface area contributed by atoms with E-state index in [1.165, 1.54) is 44.9 Å². The zero-order valence-electron chi connectivity index (χ0n) is 21.8. The molecule has 0 saturated carbocycles. The molecule has 0 atom stereocenters. The van der Waals surface area contributed by atoms with E-state index in [1.54, 1.807) is 24.3 Å². The van der Waals surface area contributed by atoms with Crippen molar-refractivity contribution in [2.75, 3.05) is 13.2 Å². The molecule has 3 rings (SSSR count). The molecule has 0 N–H and O–H groups in total. The fourth-order valence-electron chi connectivity index (χ4n) is 3.89. The summed E-state index contributed by atoms with van der Waals surface area (Å²) in [6, 6.07) is 14.7. The Labute approximate surface area is 215 Å². The normalized spacial score (nSPS) is 10.9. The number of ether oxygens (including phenoxy) is 2. The third kappa shape index (κ3) is 9.14. The summed E-state index contributed by atoms with van der Waals surface area (Å²) in [6.07, 6.45) is 13.3. The molecule has 1 aromatic heterocycles. The van der Waals surface area contributed by atoms with E-state index in [-0.39, 0.29) is 5.97 Å². The highest BCUT2D eigenvalue weighted by Crippen LogP contribution is 2.26. The molecule has 0 saturated heterocycles. The molecule has 0 fully saturated rings. The molecule has 0 aliphatic rings. The van der Waals surface area contributed by atoms with Crippen LogP contribution in [-0.2, 0) is 4.74 Å². The quantitative estimate of drug-likeness (QED) is 0.139. The van der Waals surface area contributed by atoms with Gasteiger partial charge in [0.1, 0.15) is 5.75 Å². The third-order valence-corrected chi connectivity index (χ3v) is 6.14. The third-order valence-electron chi connectivity index (χ3n) is 6.14. The van der Waals surface area contributed by atoms with Crippen LogP contribution in [0.25, 0.3) is 22.9 Å². The first-order valence-electron chi connectivity index (χ1n) is 13.6. The second-order valence-electron chi connectivity index (χ2n) is 9.18. The lowest BCUT2D eigenvalue weighted by Gasteiger charge is -2.06. The van der Waals surface area contributed by atoms with Gasteiger partial charge in [-0.2, -0.15) is 0 Å². The van der Waals surface area contributed by atoms with Gasteiger partial charge < -0.3 is 13.9 Å². The second kappa shape index (κ2) is 15.8. The Morgan fingerprint density at radius 1 is 0.667 bits per heavy atom. The molecule has 0 spiro atoms. The van der Waals surface area contributed by atoms with Crippen molar-refractivity contribution in [2.24, 2.45) is 0 Å². The molecule has 0 aliphatic carbocycles. The van der Waals surface area contributed by atoms with E-state index in [9.17, 15) is 4.79 Å². The number of benzene rings is 2. The van der Waals surface area contributed by atoms with Crippen LogP contribution in [0.3, 0.4) is 0 Å². The van der Waals surface area contributed by atoms with Gasteiger partial charge in [0.05, 0.1) is 18.8 Å². The van der Waals surface area contributed by atoms with Crippen LogP contribution < -0.4 is 4.74 Å². The van der Waals surface area contributed by atoms with Gasteiger partial charge in [0, 0.05) is 11.1 Å². The molecular formula is C30H40N2O4. The minimum Gasteiger partial charge on any atom is -0.494 e. The number of carbonyl (C=O) groups is 1. The summed E-state index contributed by atoms with van der Waals surface area (Å²) in [7, 11) is 0. The number of carbonyl (C=O) groups excluding carboxylic acids is 1. The topological polar surface area (TPSA) is 74.5 Å². The Morgan fingerprint density at radius 2 is 1.19 bits per heavy atom. The largest absolute Gasteiger partial charge is 0.494 e. The second-order valence-corrected chi connectivity index (χ2v) is 9.18. The molecular weight excluding hydrogens is 452 g/mol. The molecule has 0 bridgehead atoms. The number of nitrogens with zero attached hydrogens (tertiary/aromatic N) is 2. The Morgan fingerprint density at radius 3 is 1.78 bits per heavy atom. The van der Waals surface area contributed by atoms with Crippen molar-refractivity contribution in [3.63, 3.8) is 0 Å². The first-order chi connectivity index (χ1) is 17.7. The predicted molar refractivity (Wildman–Crippen MR) is 143 cm³/mol. The molecule has 6 heteroatoms. The number of rotatable bonds is 17. The van der Waals surface area contributed by atoms with Gasteiger partial charge in [0.2, 0.25) is 11.8 Å². The van der Waals surface area contributed by atoms with Crippen molar-refractivity contribution >= 4 is 5.97 Å². The number of unbranched alkanes of at least 4 members (excludes halogenated alkanes) is 9. The number of aromatic nitrogens is 2. The highest BCUT2D eigenvalue weighted by atomic mass is 16.5. The minimum absolute atomic E-state index is 0.298. The molecule has 194 valence electrons. The van der Waals surface area contributed by atoms with Gasteiger partial charge in [-0.3, -0.25) is 0 Å². The van der Waals surface area contributed by atoms with Crippen LogP contribution in [0.1, 0.15) is 94.8 Å². The average Bonchev–Trinajstić information content (AvgIpc) is 3.41. The van der Waals surface area contributed by atoms with Crippen molar-refractivity contribution in [1.29, 1.82) is 0 Å². The van der Waals surface area contributed by atoms with E-state index in [0.29, 0.717) is 30.6 Å². The summed E-state index contributed by atoms with van der Waals surface area (Å²) in [5.74, 6) is 1.37. The van der Waals surface area contributed by atoms with Gasteiger partial charge in [-0.1, -0.05) is 71.6 Å². The van der Waals surface area contributed by atoms with Gasteiger partial charge in [0.25, 0.3) is 0 Å². The van der Waals surface area contributed by atoms with E-state index in [4.69, 9.17) is 13.9 Å². The predicted octanol–water partition coefficient (Wildman–Crippen LogP) is 8.27. The molecule has 6 nitrogen and oxygen atoms in total. The van der Waals surface area contributed by atoms with Crippen LogP contribution in [0, 0.1) is 0 Å². The summed E-state index contributed by atoms with van der Waals surface area (Å²) in [4.78, 5) is 12.3. The molecule has 36 heavy (non-hydrogen) atoms. The van der Waals surface area contributed by atoms with E-state index >= 15 is 0 Å². The molecule has 0 aliphatic heterocycles. The standard InChI is InChI=1S/C30H40N2O4/c1-3-5-7-8-9-10-11-12-13-23-35-30(33)26-16-14-24(15-17-26)28-31-32-29(36-28)25-18-20-27(21-19-25)34-22-6-4-2/h14-21H,3-13,22-23H2,1-2H3. The van der Waals surface area contributed by atoms with Crippen molar-refractivity contribution in [3.05, 3.63) is 54.1 Å². The van der Waals surface area contributed by atoms with Crippen LogP contribution >= 0.6 is 0 Å². The summed E-state index contributed by atoms with van der Waals surface area (Å²) >= 11 is 0. The zero-order chi connectivity index (χ0) is 25.4. The Balaban J connectivity index is 1.41. The van der Waals surface area contributed by atoms with Gasteiger partial charge in [0.15, 0.2) is 0 Å². The van der Waals surface area contributed by atoms with E-state index < -0.39 is 0 Å². The van der Waals surface area contributed by atoms with Gasteiger partial charge in [-0.25, -0.2) is 4.79 Å². The molecule has 0 radical (unpaired) electrons. The van der Waals surface area contributed by atoms with Gasteiger partial charge in [-0.05, 0) is 61.4 Å². The maximum absolute atomic E-state index is 12.3. The van der Waals surface area contributed by atoms with Crippen LogP contribution in [0.15, 0.2) is 52.9 Å². The summed E-state index contributed by atoms with van der Waals surface area (Å²) in [6.45, 7) is 5.55. The smallest absolute Gasteiger partial charge is 0.338 e. The zero-order valence-corrected chi connectivity index (χ0v) is 21.8. The maximum atomic E-state index is 12.3. The van der Waals surface area contributed by atoms with E-state index in [2.05, 4.69) is 24.0 Å². The van der Waals surface area contributed by atoms with Crippen molar-refractivity contribution < 1.29 is 18.7 Å². The lowest BCUT2D eigenvalue weighted by Crippen LogP contribution is -2.06. The number of hydrogen-bond acceptors (Lipinski definition) is 6. The summed E-state index contributed by atoms with van der Waals surface area (Å²) in [5, 5.41) is 8.33. The number of esters is 1. The molecule has 1 heterocycles. The molecule has 0 unspecified atom stereocenters. The average molecular weight is 493 g/mol. The van der Waals surface area contributed by atoms with Gasteiger partial charge in [-0.15, -0.1) is 10.2 Å². The van der Waals surface area contributed by atoms with Crippen LogP contribution in [0.5, 0.6) is 5.75 Å². The van der Waals surface area contributed by atoms with Crippen LogP contribution in [0.2, 0.25) is 0 Å². The lowest BCUT2D eigenvalue weighted by atomic mass is 10.1. The fraction of sp³-hybridized carbons (Fsp3) is 0.500. The van der Waals surface area contributed by atoms with Crippen LogP contribution in [-0.4, -0.2) is 29.4 Å². The van der Waals surface area contributed by atoms with Crippen LogP contribution in [0.4, 0.5) is 0 Å². The van der Waals surface area contributed by atoms with Crippen molar-refractivity contribution in [3.8, 4) is 28.7 Å². The van der Waals surface area contributed by atoms with Crippen molar-refractivity contribution in [2.45, 2.75) is 84.5 Å². The first-order valence-corrected chi connectivity index (χ1v) is 13.6. The highest BCUT2D eigenvalue weighted by molar-refractivity contribution is 5.89.